The van der Waals surface area contributed by atoms with Crippen molar-refractivity contribution < 1.29 is 0 Å². The first-order valence-electron chi connectivity index (χ1n) is 8.56. The van der Waals surface area contributed by atoms with Crippen LogP contribution in [0.4, 0.5) is 5.82 Å². The van der Waals surface area contributed by atoms with Crippen LogP contribution >= 0.6 is 0 Å². The summed E-state index contributed by atoms with van der Waals surface area (Å²) in [6, 6.07) is 17.6. The van der Waals surface area contributed by atoms with Crippen molar-refractivity contribution in [3.05, 3.63) is 77.7 Å². The Morgan fingerprint density at radius 1 is 1.00 bits per heavy atom. The van der Waals surface area contributed by atoms with Crippen LogP contribution in [0.15, 0.2) is 61.1 Å². The Morgan fingerprint density at radius 3 is 2.46 bits per heavy atom. The van der Waals surface area contributed by atoms with Crippen molar-refractivity contribution in [2.45, 2.75) is 6.54 Å². The van der Waals surface area contributed by atoms with Gasteiger partial charge in [0.1, 0.15) is 31.4 Å². The van der Waals surface area contributed by atoms with E-state index in [1.165, 1.54) is 10.7 Å². The molecule has 0 spiro atoms. The van der Waals surface area contributed by atoms with Gasteiger partial charge in [0, 0.05) is 30.7 Å². The third-order valence-corrected chi connectivity index (χ3v) is 4.45. The van der Waals surface area contributed by atoms with Gasteiger partial charge in [-0.1, -0.05) is 41.9 Å². The molecule has 4 aromatic rings. The minimum atomic E-state index is 0.324. The first kappa shape index (κ1) is 17.3. The van der Waals surface area contributed by atoms with E-state index in [2.05, 4.69) is 27.5 Å². The van der Waals surface area contributed by atoms with Gasteiger partial charge in [-0.2, -0.15) is 15.6 Å². The number of benzene rings is 1. The van der Waals surface area contributed by atoms with E-state index < -0.39 is 0 Å². The molecule has 130 valence electrons. The topological polar surface area (TPSA) is 89.8 Å². The molecular weight excluding hydrogens is 347 g/mol. The second-order valence-corrected chi connectivity index (χ2v) is 6.14. The first-order valence-corrected chi connectivity index (χ1v) is 8.56. The van der Waals surface area contributed by atoms with Crippen LogP contribution in [0.5, 0.6) is 0 Å². The van der Waals surface area contributed by atoms with Gasteiger partial charge in [-0.05, 0) is 17.2 Å². The van der Waals surface area contributed by atoms with Gasteiger partial charge in [-0.3, -0.25) is 4.98 Å². The fourth-order valence-electron chi connectivity index (χ4n) is 3.21. The lowest BCUT2D eigenvalue weighted by atomic mass is 9.90. The third kappa shape index (κ3) is 2.86. The molecule has 0 unspecified atom stereocenters. The number of fused-ring (bicyclic) bond motifs is 1. The SMILES string of the molecule is [B]c1cnn2c(NCc3cccnc3)c(C#N)c(-c3ccccc3)c(C#N)c12. The lowest BCUT2D eigenvalue weighted by Crippen LogP contribution is -2.12. The van der Waals surface area contributed by atoms with E-state index in [0.29, 0.717) is 40.0 Å². The van der Waals surface area contributed by atoms with Crippen LogP contribution in [0.1, 0.15) is 16.7 Å². The molecule has 6 nitrogen and oxygen atoms in total. The largest absolute Gasteiger partial charge is 0.365 e. The maximum absolute atomic E-state index is 9.96. The zero-order valence-corrected chi connectivity index (χ0v) is 14.8. The van der Waals surface area contributed by atoms with Crippen LogP contribution in [-0.4, -0.2) is 22.4 Å². The zero-order valence-electron chi connectivity index (χ0n) is 14.8. The van der Waals surface area contributed by atoms with Crippen LogP contribution in [0.25, 0.3) is 16.6 Å². The highest BCUT2D eigenvalue weighted by molar-refractivity contribution is 6.37. The van der Waals surface area contributed by atoms with Crippen molar-refractivity contribution in [2.24, 2.45) is 0 Å². The second kappa shape index (κ2) is 7.26. The minimum Gasteiger partial charge on any atom is -0.365 e. The maximum Gasteiger partial charge on any atom is 0.147 e. The Labute approximate surface area is 163 Å². The first-order chi connectivity index (χ1) is 13.7. The van der Waals surface area contributed by atoms with E-state index in [9.17, 15) is 10.5 Å². The van der Waals surface area contributed by atoms with Crippen molar-refractivity contribution in [1.29, 1.82) is 10.5 Å². The van der Waals surface area contributed by atoms with Gasteiger partial charge in [0.15, 0.2) is 0 Å². The number of hydrogen-bond donors (Lipinski definition) is 1. The van der Waals surface area contributed by atoms with E-state index in [4.69, 9.17) is 7.85 Å². The zero-order chi connectivity index (χ0) is 19.5. The number of rotatable bonds is 4. The molecule has 0 aliphatic carbocycles. The molecule has 28 heavy (non-hydrogen) atoms. The Bertz CT molecular complexity index is 1230. The van der Waals surface area contributed by atoms with E-state index >= 15 is 0 Å². The molecule has 0 aliphatic heterocycles. The molecule has 3 heterocycles. The summed E-state index contributed by atoms with van der Waals surface area (Å²) < 4.78 is 1.52. The third-order valence-electron chi connectivity index (χ3n) is 4.45. The summed E-state index contributed by atoms with van der Waals surface area (Å²) in [5.41, 5.74) is 3.77. The van der Waals surface area contributed by atoms with Gasteiger partial charge in [-0.15, -0.1) is 0 Å². The van der Waals surface area contributed by atoms with E-state index in [0.717, 1.165) is 11.1 Å². The molecule has 0 amide bonds. The lowest BCUT2D eigenvalue weighted by molar-refractivity contribution is 0.937. The number of nitrogens with one attached hydrogen (secondary N) is 1. The predicted octanol–water partition coefficient (Wildman–Crippen LogP) is 2.55. The summed E-state index contributed by atoms with van der Waals surface area (Å²) in [4.78, 5) is 4.11. The van der Waals surface area contributed by atoms with E-state index in [1.54, 1.807) is 12.4 Å². The monoisotopic (exact) mass is 360 g/mol. The number of hydrogen-bond acceptors (Lipinski definition) is 5. The van der Waals surface area contributed by atoms with Gasteiger partial charge < -0.3 is 5.32 Å². The Kier molecular flexibility index (Phi) is 4.49. The summed E-state index contributed by atoms with van der Waals surface area (Å²) >= 11 is 0. The van der Waals surface area contributed by atoms with Crippen LogP contribution in [0.3, 0.4) is 0 Å². The molecule has 0 saturated carbocycles. The summed E-state index contributed by atoms with van der Waals surface area (Å²) in [6.45, 7) is 0.442. The highest BCUT2D eigenvalue weighted by Crippen LogP contribution is 2.34. The Balaban J connectivity index is 1.99. The fraction of sp³-hybridized carbons (Fsp3) is 0.0476. The van der Waals surface area contributed by atoms with Gasteiger partial charge in [-0.25, -0.2) is 4.52 Å². The number of nitriles is 2. The van der Waals surface area contributed by atoms with Gasteiger partial charge >= 0.3 is 0 Å². The van der Waals surface area contributed by atoms with Crippen LogP contribution < -0.4 is 10.8 Å². The molecule has 2 radical (unpaired) electrons. The highest BCUT2D eigenvalue weighted by Gasteiger charge is 2.22. The molecule has 0 fully saturated rings. The molecule has 3 aromatic heterocycles. The molecule has 1 N–H and O–H groups in total. The summed E-state index contributed by atoms with van der Waals surface area (Å²) in [5.74, 6) is 0.482. The van der Waals surface area contributed by atoms with Crippen molar-refractivity contribution in [2.75, 3.05) is 5.32 Å². The van der Waals surface area contributed by atoms with Crippen molar-refractivity contribution >= 4 is 24.6 Å². The average Bonchev–Trinajstić information content (AvgIpc) is 3.14. The summed E-state index contributed by atoms with van der Waals surface area (Å²) in [6.07, 6.45) is 4.93. The van der Waals surface area contributed by atoms with Gasteiger partial charge in [0.2, 0.25) is 0 Å². The number of pyridine rings is 2. The standard InChI is InChI=1S/C21H13BN6/c22-18-13-27-28-20(18)16(9-23)19(15-6-2-1-3-7-15)17(10-24)21(28)26-12-14-5-4-8-25-11-14/h1-8,11,13,26H,12H2. The molecule has 0 saturated heterocycles. The molecule has 0 atom stereocenters. The van der Waals surface area contributed by atoms with Crippen LogP contribution in [0.2, 0.25) is 0 Å². The van der Waals surface area contributed by atoms with Crippen LogP contribution in [0, 0.1) is 22.7 Å². The molecule has 7 heteroatoms. The van der Waals surface area contributed by atoms with Crippen molar-refractivity contribution in [1.82, 2.24) is 14.6 Å². The number of aromatic nitrogens is 3. The number of nitrogens with zero attached hydrogens (tertiary/aromatic N) is 5. The number of anilines is 1. The molecule has 0 aliphatic rings. The minimum absolute atomic E-state index is 0.324. The second-order valence-electron chi connectivity index (χ2n) is 6.14. The lowest BCUT2D eigenvalue weighted by Gasteiger charge is -2.16. The molecule has 4 rings (SSSR count). The fourth-order valence-corrected chi connectivity index (χ4v) is 3.21. The Morgan fingerprint density at radius 2 is 1.79 bits per heavy atom. The Hall–Kier alpha value is -4.10. The quantitative estimate of drug-likeness (QED) is 0.565. The molecule has 1 aromatic carbocycles. The summed E-state index contributed by atoms with van der Waals surface area (Å²) in [5, 5.41) is 27.4. The summed E-state index contributed by atoms with van der Waals surface area (Å²) in [7, 11) is 6.11. The normalized spacial score (nSPS) is 10.4. The molecular formula is C21H13BN6. The van der Waals surface area contributed by atoms with E-state index in [-0.39, 0.29) is 0 Å². The van der Waals surface area contributed by atoms with E-state index in [1.807, 2.05) is 42.5 Å². The van der Waals surface area contributed by atoms with Gasteiger partial charge in [0.05, 0.1) is 11.1 Å². The highest BCUT2D eigenvalue weighted by atomic mass is 15.3. The maximum atomic E-state index is 9.96. The molecule has 0 bridgehead atoms. The predicted molar refractivity (Wildman–Crippen MR) is 107 cm³/mol. The van der Waals surface area contributed by atoms with Crippen molar-refractivity contribution in [3.63, 3.8) is 0 Å². The van der Waals surface area contributed by atoms with Gasteiger partial charge in [0.25, 0.3) is 0 Å². The van der Waals surface area contributed by atoms with Crippen LogP contribution in [-0.2, 0) is 6.54 Å². The van der Waals surface area contributed by atoms with Crippen molar-refractivity contribution in [3.8, 4) is 23.3 Å². The smallest absolute Gasteiger partial charge is 0.147 e. The average molecular weight is 360 g/mol.